The van der Waals surface area contributed by atoms with Crippen LogP contribution in [0.2, 0.25) is 0 Å². The molecule has 1 atom stereocenters. The highest BCUT2D eigenvalue weighted by molar-refractivity contribution is 14.2. The molecule has 0 amide bonds. The Morgan fingerprint density at radius 2 is 2.00 bits per heavy atom. The molecule has 10 heteroatoms. The van der Waals surface area contributed by atoms with E-state index in [1.165, 1.54) is 30.3 Å². The summed E-state index contributed by atoms with van der Waals surface area (Å²) >= 11 is 9.40. The van der Waals surface area contributed by atoms with E-state index in [9.17, 15) is 13.2 Å². The van der Waals surface area contributed by atoms with E-state index in [1.807, 2.05) is 45.2 Å². The topological polar surface area (TPSA) is 81.7 Å². The minimum atomic E-state index is -3.90. The molecule has 6 nitrogen and oxygen atoms in total. The molecule has 1 rings (SSSR count). The second kappa shape index (κ2) is 10.3. The lowest BCUT2D eigenvalue weighted by molar-refractivity contribution is -0.146. The van der Waals surface area contributed by atoms with Crippen LogP contribution < -0.4 is 9.46 Å². The fourth-order valence-corrected chi connectivity index (χ4v) is 3.44. The highest BCUT2D eigenvalue weighted by Crippen LogP contribution is 2.29. The highest BCUT2D eigenvalue weighted by atomic mass is 127. The van der Waals surface area contributed by atoms with Crippen LogP contribution in [-0.4, -0.2) is 34.5 Å². The lowest BCUT2D eigenvalue weighted by Gasteiger charge is -2.21. The van der Waals surface area contributed by atoms with Crippen molar-refractivity contribution in [2.45, 2.75) is 25.9 Å². The summed E-state index contributed by atoms with van der Waals surface area (Å²) in [5.74, 6) is 0.170. The van der Waals surface area contributed by atoms with Gasteiger partial charge in [-0.15, -0.1) is 18.2 Å². The Morgan fingerprint density at radius 3 is 2.48 bits per heavy atom. The number of halogens is 3. The zero-order valence-corrected chi connectivity index (χ0v) is 19.3. The fraction of sp³-hybridized carbons (Fsp3) is 0.400. The molecule has 0 aliphatic rings. The summed E-state index contributed by atoms with van der Waals surface area (Å²) in [6, 6.07) is 4.77. The van der Waals surface area contributed by atoms with Crippen LogP contribution in [0, 0.1) is 0 Å². The Bertz CT molecular complexity index is 689. The monoisotopic (exact) mass is 613 g/mol. The van der Waals surface area contributed by atoms with E-state index in [0.29, 0.717) is 18.2 Å². The number of sulfonamides is 1. The Labute approximate surface area is 180 Å². The maximum atomic E-state index is 12.5. The van der Waals surface area contributed by atoms with Gasteiger partial charge in [0.05, 0.1) is 10.8 Å². The van der Waals surface area contributed by atoms with Crippen molar-refractivity contribution in [2.24, 2.45) is 0 Å². The van der Waals surface area contributed by atoms with Crippen molar-refractivity contribution in [3.63, 3.8) is 0 Å². The zero-order chi connectivity index (χ0) is 19.1. The molecule has 0 fully saturated rings. The third kappa shape index (κ3) is 8.41. The standard InChI is InChI=1S/C15H18ClI2NO5S/c1-3-4-13(14(20)24-15(2,17)18)19-25(21,22)12-7-5-11(6-8-12)23-10-9-16/h3,5-8,13,19H,1,4,9-10H2,2H3/t13-/m1/s1. The van der Waals surface area contributed by atoms with Gasteiger partial charge in [0.25, 0.3) is 0 Å². The van der Waals surface area contributed by atoms with Gasteiger partial charge in [-0.1, -0.05) is 6.08 Å². The molecule has 0 saturated heterocycles. The molecule has 1 aromatic carbocycles. The predicted octanol–water partition coefficient (Wildman–Crippen LogP) is 3.61. The Balaban J connectivity index is 2.91. The number of esters is 1. The SMILES string of the molecule is C=CC[C@@H](NS(=O)(=O)c1ccc(OCCCl)cc1)C(=O)OC(C)(I)I. The first-order valence-electron chi connectivity index (χ1n) is 7.12. The van der Waals surface area contributed by atoms with Gasteiger partial charge in [0.2, 0.25) is 11.6 Å². The predicted molar refractivity (Wildman–Crippen MR) is 114 cm³/mol. The van der Waals surface area contributed by atoms with Gasteiger partial charge >= 0.3 is 5.97 Å². The average Bonchev–Trinajstić information content (AvgIpc) is 2.51. The van der Waals surface area contributed by atoms with Gasteiger partial charge in [0.1, 0.15) is 18.4 Å². The molecule has 0 unspecified atom stereocenters. The Hall–Kier alpha value is -0.110. The first-order valence-corrected chi connectivity index (χ1v) is 11.3. The van der Waals surface area contributed by atoms with Crippen LogP contribution in [-0.2, 0) is 19.6 Å². The van der Waals surface area contributed by atoms with Gasteiger partial charge in [-0.3, -0.25) is 4.79 Å². The number of rotatable bonds is 10. The van der Waals surface area contributed by atoms with Gasteiger partial charge in [0, 0.05) is 0 Å². The minimum absolute atomic E-state index is 0.0132. The van der Waals surface area contributed by atoms with E-state index in [-0.39, 0.29) is 11.3 Å². The van der Waals surface area contributed by atoms with Crippen LogP contribution in [0.1, 0.15) is 13.3 Å². The molecule has 25 heavy (non-hydrogen) atoms. The lowest BCUT2D eigenvalue weighted by Crippen LogP contribution is -2.42. The van der Waals surface area contributed by atoms with E-state index >= 15 is 0 Å². The van der Waals surface area contributed by atoms with E-state index < -0.39 is 23.6 Å². The van der Waals surface area contributed by atoms with Gasteiger partial charge in [-0.05, 0) is 82.8 Å². The lowest BCUT2D eigenvalue weighted by atomic mass is 10.2. The quantitative estimate of drug-likeness (QED) is 0.189. The van der Waals surface area contributed by atoms with Crippen molar-refractivity contribution < 1.29 is 22.7 Å². The van der Waals surface area contributed by atoms with Crippen LogP contribution in [0.15, 0.2) is 41.8 Å². The molecule has 0 heterocycles. The zero-order valence-electron chi connectivity index (χ0n) is 13.4. The number of hydrogen-bond donors (Lipinski definition) is 1. The number of carbonyl (C=O) groups excluding carboxylic acids is 1. The van der Waals surface area contributed by atoms with E-state index in [0.717, 1.165) is 0 Å². The normalized spacial score (nSPS) is 13.1. The number of hydrogen-bond acceptors (Lipinski definition) is 5. The number of alkyl halides is 3. The largest absolute Gasteiger partial charge is 0.492 e. The summed E-state index contributed by atoms with van der Waals surface area (Å²) in [4.78, 5) is 12.2. The van der Waals surface area contributed by atoms with E-state index in [1.54, 1.807) is 6.92 Å². The molecule has 140 valence electrons. The van der Waals surface area contributed by atoms with Crippen molar-refractivity contribution in [1.29, 1.82) is 0 Å². The molecule has 0 aromatic heterocycles. The molecule has 0 radical (unpaired) electrons. The van der Waals surface area contributed by atoms with Crippen LogP contribution in [0.4, 0.5) is 0 Å². The number of ether oxygens (including phenoxy) is 2. The van der Waals surface area contributed by atoms with Gasteiger partial charge in [-0.25, -0.2) is 8.42 Å². The molecule has 0 aliphatic heterocycles. The second-order valence-electron chi connectivity index (χ2n) is 4.94. The molecule has 0 bridgehead atoms. The first kappa shape index (κ1) is 22.9. The average molecular weight is 614 g/mol. The number of benzene rings is 1. The van der Waals surface area contributed by atoms with Gasteiger partial charge < -0.3 is 9.47 Å². The summed E-state index contributed by atoms with van der Waals surface area (Å²) in [5, 5.41) is 0. The van der Waals surface area contributed by atoms with Crippen LogP contribution in [0.5, 0.6) is 5.75 Å². The van der Waals surface area contributed by atoms with Crippen LogP contribution in [0.3, 0.4) is 0 Å². The fourth-order valence-electron chi connectivity index (χ4n) is 1.73. The van der Waals surface area contributed by atoms with Crippen molar-refractivity contribution >= 4 is 72.8 Å². The molecule has 0 saturated carbocycles. The molecule has 0 aliphatic carbocycles. The maximum Gasteiger partial charge on any atom is 0.326 e. The smallest absolute Gasteiger partial charge is 0.326 e. The van der Waals surface area contributed by atoms with Crippen LogP contribution >= 0.6 is 56.8 Å². The van der Waals surface area contributed by atoms with Crippen molar-refractivity contribution in [1.82, 2.24) is 4.72 Å². The Kier molecular flexibility index (Phi) is 9.43. The summed E-state index contributed by atoms with van der Waals surface area (Å²) in [6.07, 6.45) is 1.56. The summed E-state index contributed by atoms with van der Waals surface area (Å²) < 4.78 is 37.1. The van der Waals surface area contributed by atoms with E-state index in [2.05, 4.69) is 11.3 Å². The molecule has 0 spiro atoms. The van der Waals surface area contributed by atoms with Crippen LogP contribution in [0.25, 0.3) is 0 Å². The summed E-state index contributed by atoms with van der Waals surface area (Å²) in [6.45, 7) is 5.56. The van der Waals surface area contributed by atoms with Crippen molar-refractivity contribution in [2.75, 3.05) is 12.5 Å². The highest BCUT2D eigenvalue weighted by Gasteiger charge is 2.30. The number of nitrogens with one attached hydrogen (secondary N) is 1. The van der Waals surface area contributed by atoms with Gasteiger partial charge in [-0.2, -0.15) is 4.72 Å². The summed E-state index contributed by atoms with van der Waals surface area (Å²) in [7, 11) is -3.90. The molecule has 1 aromatic rings. The second-order valence-corrected chi connectivity index (χ2v) is 13.2. The third-order valence-electron chi connectivity index (χ3n) is 2.74. The van der Waals surface area contributed by atoms with E-state index in [4.69, 9.17) is 21.1 Å². The molecular formula is C15H18ClI2NO5S. The molecule has 1 N–H and O–H groups in total. The first-order chi connectivity index (χ1) is 11.6. The molecular weight excluding hydrogens is 595 g/mol. The summed E-state index contributed by atoms with van der Waals surface area (Å²) in [5.41, 5.74) is 0. The van der Waals surface area contributed by atoms with Crippen molar-refractivity contribution in [3.8, 4) is 5.75 Å². The van der Waals surface area contributed by atoms with Crippen molar-refractivity contribution in [3.05, 3.63) is 36.9 Å². The van der Waals surface area contributed by atoms with Gasteiger partial charge in [0.15, 0.2) is 0 Å². The maximum absolute atomic E-state index is 12.5. The third-order valence-corrected chi connectivity index (χ3v) is 4.83. The minimum Gasteiger partial charge on any atom is -0.492 e. The Morgan fingerprint density at radius 1 is 1.40 bits per heavy atom. The number of carbonyl (C=O) groups is 1.